The largest absolute Gasteiger partial charge is 0.345 e. The molecular weight excluding hydrogens is 592 g/mol. The molecule has 0 saturated heterocycles. The number of rotatable bonds is 10. The van der Waals surface area contributed by atoms with E-state index in [4.69, 9.17) is 5.73 Å². The van der Waals surface area contributed by atoms with Crippen LogP contribution < -0.4 is 16.4 Å². The van der Waals surface area contributed by atoms with E-state index in [9.17, 15) is 14.4 Å². The number of halogens is 1. The number of nitrogens with zero attached hydrogens (tertiary/aromatic N) is 4. The van der Waals surface area contributed by atoms with Gasteiger partial charge < -0.3 is 21.3 Å². The molecule has 11 nitrogen and oxygen atoms in total. The predicted octanol–water partition coefficient (Wildman–Crippen LogP) is 4.09. The van der Waals surface area contributed by atoms with Gasteiger partial charge in [-0.3, -0.25) is 14.4 Å². The van der Waals surface area contributed by atoms with Crippen LogP contribution in [0.2, 0.25) is 0 Å². The quantitative estimate of drug-likeness (QED) is 0.205. The topological polar surface area (TPSA) is 159 Å². The first-order valence-electron chi connectivity index (χ1n) is 14.9. The number of benzene rings is 3. The Balaban J connectivity index is 0.00000461. The lowest BCUT2D eigenvalue weighted by molar-refractivity contribution is -0.130. The summed E-state index contributed by atoms with van der Waals surface area (Å²) in [5, 5.41) is 19.8. The minimum atomic E-state index is -0.801. The van der Waals surface area contributed by atoms with Crippen LogP contribution in [-0.2, 0) is 16.0 Å². The van der Waals surface area contributed by atoms with Crippen molar-refractivity contribution in [1.82, 2.24) is 30.8 Å². The first-order chi connectivity index (χ1) is 21.3. The van der Waals surface area contributed by atoms with E-state index >= 15 is 0 Å². The fraction of sp³-hybridized carbons (Fsp3) is 0.333. The first-order valence-corrected chi connectivity index (χ1v) is 14.9. The van der Waals surface area contributed by atoms with E-state index in [1.807, 2.05) is 42.5 Å². The summed E-state index contributed by atoms with van der Waals surface area (Å²) in [5.41, 5.74) is 10.5. The molecule has 5 N–H and O–H groups in total. The highest BCUT2D eigenvalue weighted by atomic mass is 35.5. The molecule has 3 aromatic carbocycles. The molecular formula is C33H39ClN8O3. The van der Waals surface area contributed by atoms with Gasteiger partial charge in [-0.1, -0.05) is 36.4 Å². The molecule has 0 bridgehead atoms. The Hall–Kier alpha value is -4.61. The zero-order valence-corrected chi connectivity index (χ0v) is 26.2. The normalized spacial score (nSPS) is 16.6. The Morgan fingerprint density at radius 3 is 2.27 bits per heavy atom. The predicted molar refractivity (Wildman–Crippen MR) is 176 cm³/mol. The second-order valence-corrected chi connectivity index (χ2v) is 11.5. The highest BCUT2D eigenvalue weighted by Gasteiger charge is 2.29. The van der Waals surface area contributed by atoms with Crippen molar-refractivity contribution in [2.75, 3.05) is 26.0 Å². The van der Waals surface area contributed by atoms with Gasteiger partial charge in [-0.2, -0.15) is 0 Å². The van der Waals surface area contributed by atoms with Crippen LogP contribution in [0.3, 0.4) is 0 Å². The Kier molecular flexibility index (Phi) is 11.4. The number of carbonyl (C=O) groups is 3. The fourth-order valence-corrected chi connectivity index (χ4v) is 5.58. The smallest absolute Gasteiger partial charge is 0.253 e. The van der Waals surface area contributed by atoms with Crippen LogP contribution in [0.5, 0.6) is 0 Å². The summed E-state index contributed by atoms with van der Waals surface area (Å²) < 4.78 is 0. The molecule has 236 valence electrons. The van der Waals surface area contributed by atoms with Crippen molar-refractivity contribution < 1.29 is 14.4 Å². The van der Waals surface area contributed by atoms with Gasteiger partial charge in [0.25, 0.3) is 5.91 Å². The Morgan fingerprint density at radius 2 is 1.62 bits per heavy atom. The van der Waals surface area contributed by atoms with Gasteiger partial charge in [0.05, 0.1) is 0 Å². The van der Waals surface area contributed by atoms with Crippen molar-refractivity contribution in [3.63, 3.8) is 0 Å². The standard InChI is InChI=1S/C33H38N8O3.ClH/c1-41(2)33(44)27-8-4-7-26(19-27)25-6-3-5-22(17-25)18-29(36-31(42)24-11-9-21(20-34)10-12-24)32(43)35-28-15-13-23(14-16-28)30-37-39-40-38-30;/h3-8,13-17,19,21,24,29H,9-12,18,20,34H2,1-2H3,(H,35,43)(H,36,42)(H,37,38,39,40);1H/t21-,24-,29-;/m0./s1. The highest BCUT2D eigenvalue weighted by Crippen LogP contribution is 2.29. The van der Waals surface area contributed by atoms with Crippen molar-refractivity contribution >= 4 is 35.8 Å². The SMILES string of the molecule is CN(C)C(=O)c1cccc(-c2cccc(C[C@H](NC(=O)[C@H]3CC[C@H](CN)CC3)C(=O)Nc3ccc(-c4nnn[nH]4)cc3)c2)c1.Cl. The van der Waals surface area contributed by atoms with Gasteiger partial charge in [-0.05, 0) is 102 Å². The summed E-state index contributed by atoms with van der Waals surface area (Å²) in [6.07, 6.45) is 3.64. The zero-order valence-electron chi connectivity index (χ0n) is 25.4. The number of carbonyl (C=O) groups excluding carboxylic acids is 3. The van der Waals surface area contributed by atoms with E-state index < -0.39 is 6.04 Å². The lowest BCUT2D eigenvalue weighted by Crippen LogP contribution is -2.48. The lowest BCUT2D eigenvalue weighted by atomic mass is 9.81. The maximum Gasteiger partial charge on any atom is 0.253 e. The summed E-state index contributed by atoms with van der Waals surface area (Å²) >= 11 is 0. The monoisotopic (exact) mass is 630 g/mol. The third-order valence-electron chi connectivity index (χ3n) is 8.17. The molecule has 0 unspecified atom stereocenters. The molecule has 4 aromatic rings. The fourth-order valence-electron chi connectivity index (χ4n) is 5.58. The molecule has 1 aliphatic carbocycles. The Bertz CT molecular complexity index is 1590. The first kappa shape index (κ1) is 33.3. The summed E-state index contributed by atoms with van der Waals surface area (Å²) in [5.74, 6) is 0.323. The number of hydrogen-bond acceptors (Lipinski definition) is 7. The minimum absolute atomic E-state index is 0. The number of nitrogens with one attached hydrogen (secondary N) is 3. The van der Waals surface area contributed by atoms with E-state index in [1.54, 1.807) is 49.3 Å². The molecule has 0 spiro atoms. The van der Waals surface area contributed by atoms with Gasteiger partial charge in [0.1, 0.15) is 6.04 Å². The zero-order chi connectivity index (χ0) is 31.1. The molecule has 1 saturated carbocycles. The van der Waals surface area contributed by atoms with Crippen LogP contribution in [0.15, 0.2) is 72.8 Å². The number of hydrogen-bond donors (Lipinski definition) is 4. The van der Waals surface area contributed by atoms with Gasteiger partial charge in [0.2, 0.25) is 11.8 Å². The molecule has 1 heterocycles. The molecule has 0 radical (unpaired) electrons. The molecule has 0 aliphatic heterocycles. The van der Waals surface area contributed by atoms with Crippen molar-refractivity contribution in [2.24, 2.45) is 17.6 Å². The van der Waals surface area contributed by atoms with Gasteiger partial charge >= 0.3 is 0 Å². The van der Waals surface area contributed by atoms with Crippen LogP contribution in [0, 0.1) is 11.8 Å². The third kappa shape index (κ3) is 8.52. The minimum Gasteiger partial charge on any atom is -0.345 e. The number of amides is 3. The van der Waals surface area contributed by atoms with E-state index in [0.717, 1.165) is 47.9 Å². The number of nitrogens with two attached hydrogens (primary N) is 1. The summed E-state index contributed by atoms with van der Waals surface area (Å²) in [6, 6.07) is 21.7. The summed E-state index contributed by atoms with van der Waals surface area (Å²) in [7, 11) is 3.45. The molecule has 12 heteroatoms. The highest BCUT2D eigenvalue weighted by molar-refractivity contribution is 5.98. The van der Waals surface area contributed by atoms with Crippen LogP contribution in [0.4, 0.5) is 5.69 Å². The van der Waals surface area contributed by atoms with Crippen LogP contribution in [0.25, 0.3) is 22.5 Å². The van der Waals surface area contributed by atoms with E-state index in [0.29, 0.717) is 36.0 Å². The van der Waals surface area contributed by atoms with E-state index in [2.05, 4.69) is 31.3 Å². The number of tetrazole rings is 1. The van der Waals surface area contributed by atoms with Crippen molar-refractivity contribution in [2.45, 2.75) is 38.1 Å². The average Bonchev–Trinajstić information content (AvgIpc) is 3.60. The van der Waals surface area contributed by atoms with E-state index in [1.165, 1.54) is 0 Å². The van der Waals surface area contributed by atoms with Gasteiger partial charge in [0, 0.05) is 43.2 Å². The van der Waals surface area contributed by atoms with Crippen LogP contribution in [0.1, 0.15) is 41.6 Å². The molecule has 1 aliphatic rings. The van der Waals surface area contributed by atoms with E-state index in [-0.39, 0.29) is 36.0 Å². The second-order valence-electron chi connectivity index (χ2n) is 11.5. The molecule has 3 amide bonds. The van der Waals surface area contributed by atoms with Crippen LogP contribution in [-0.4, -0.2) is 69.9 Å². The maximum atomic E-state index is 13.7. The van der Waals surface area contributed by atoms with Crippen molar-refractivity contribution in [1.29, 1.82) is 0 Å². The van der Waals surface area contributed by atoms with Gasteiger partial charge in [0.15, 0.2) is 5.82 Å². The number of H-pyrrole nitrogens is 1. The van der Waals surface area contributed by atoms with Crippen molar-refractivity contribution in [3.8, 4) is 22.5 Å². The molecule has 1 fully saturated rings. The maximum absolute atomic E-state index is 13.7. The van der Waals surface area contributed by atoms with Crippen molar-refractivity contribution in [3.05, 3.63) is 83.9 Å². The molecule has 1 atom stereocenters. The summed E-state index contributed by atoms with van der Waals surface area (Å²) in [6.45, 7) is 0.633. The Morgan fingerprint density at radius 1 is 0.933 bits per heavy atom. The van der Waals surface area contributed by atoms with Gasteiger partial charge in [-0.25, -0.2) is 5.10 Å². The number of anilines is 1. The third-order valence-corrected chi connectivity index (χ3v) is 8.17. The molecule has 45 heavy (non-hydrogen) atoms. The van der Waals surface area contributed by atoms with Crippen LogP contribution >= 0.6 is 12.4 Å². The van der Waals surface area contributed by atoms with Gasteiger partial charge in [-0.15, -0.1) is 17.5 Å². The summed E-state index contributed by atoms with van der Waals surface area (Å²) in [4.78, 5) is 41.1. The average molecular weight is 631 g/mol. The molecule has 1 aromatic heterocycles. The second kappa shape index (κ2) is 15.4. The number of aromatic nitrogens is 4. The lowest BCUT2D eigenvalue weighted by Gasteiger charge is -2.28. The molecule has 5 rings (SSSR count). The Labute approximate surface area is 268 Å². The number of aromatic amines is 1.